The van der Waals surface area contributed by atoms with Crippen LogP contribution in [0.1, 0.15) is 24.1 Å². The first-order chi connectivity index (χ1) is 19.5. The van der Waals surface area contributed by atoms with Crippen molar-refractivity contribution in [3.63, 3.8) is 0 Å². The topological polar surface area (TPSA) is 138 Å². The highest BCUT2D eigenvalue weighted by atomic mass is 19.4. The van der Waals surface area contributed by atoms with E-state index in [9.17, 15) is 22.8 Å². The van der Waals surface area contributed by atoms with Gasteiger partial charge in [0.2, 0.25) is 0 Å². The van der Waals surface area contributed by atoms with Crippen LogP contribution in [-0.4, -0.2) is 77.8 Å². The van der Waals surface area contributed by atoms with Gasteiger partial charge in [-0.1, -0.05) is 12.1 Å². The van der Waals surface area contributed by atoms with Crippen LogP contribution in [0.15, 0.2) is 57.8 Å². The van der Waals surface area contributed by atoms with Crippen molar-refractivity contribution in [3.05, 3.63) is 64.7 Å². The smallest absolute Gasteiger partial charge is 0.385 e. The van der Waals surface area contributed by atoms with E-state index in [1.165, 1.54) is 37.5 Å². The monoisotopic (exact) mass is 574 g/mol. The number of nitrogens with one attached hydrogen (secondary N) is 2. The summed E-state index contributed by atoms with van der Waals surface area (Å²) in [6, 6.07) is 5.37. The van der Waals surface area contributed by atoms with Crippen molar-refractivity contribution < 1.29 is 31.9 Å². The Morgan fingerprint density at radius 1 is 1.15 bits per heavy atom. The number of carbonyl (C=O) groups is 2. The van der Waals surface area contributed by atoms with Crippen molar-refractivity contribution in [2.24, 2.45) is 15.8 Å². The highest BCUT2D eigenvalue weighted by Gasteiger charge is 2.47. The molecule has 0 spiro atoms. The number of pyridine rings is 1. The first-order valence-corrected chi connectivity index (χ1v) is 12.6. The summed E-state index contributed by atoms with van der Waals surface area (Å²) < 4.78 is 59.5. The van der Waals surface area contributed by atoms with E-state index in [4.69, 9.17) is 10.5 Å². The van der Waals surface area contributed by atoms with Crippen molar-refractivity contribution in [3.8, 4) is 0 Å². The molecule has 2 atom stereocenters. The van der Waals surface area contributed by atoms with Gasteiger partial charge in [0, 0.05) is 31.1 Å². The molecule has 15 heteroatoms. The number of benzene rings is 1. The molecule has 1 aromatic carbocycles. The number of halogens is 4. The Balaban J connectivity index is 1.40. The number of urea groups is 1. The number of fused-ring (bicyclic) bond motifs is 1. The third kappa shape index (κ3) is 5.90. The van der Waals surface area contributed by atoms with E-state index in [-0.39, 0.29) is 23.1 Å². The predicted octanol–water partition coefficient (Wildman–Crippen LogP) is 3.14. The maximum absolute atomic E-state index is 15.3. The molecule has 41 heavy (non-hydrogen) atoms. The summed E-state index contributed by atoms with van der Waals surface area (Å²) in [5.74, 6) is -1.92. The third-order valence-corrected chi connectivity index (χ3v) is 6.90. The summed E-state index contributed by atoms with van der Waals surface area (Å²) in [7, 11) is 0. The Hall–Kier alpha value is -4.37. The van der Waals surface area contributed by atoms with Crippen LogP contribution in [0.2, 0.25) is 0 Å². The second-order valence-corrected chi connectivity index (χ2v) is 9.58. The lowest BCUT2D eigenvalue weighted by Gasteiger charge is -2.32. The minimum atomic E-state index is -4.70. The molecular formula is C26H26F4N8O3. The van der Waals surface area contributed by atoms with Crippen LogP contribution in [0.3, 0.4) is 0 Å². The van der Waals surface area contributed by atoms with Crippen molar-refractivity contribution >= 4 is 35.5 Å². The summed E-state index contributed by atoms with van der Waals surface area (Å²) >= 11 is 0. The number of ether oxygens (including phenoxy) is 1. The quantitative estimate of drug-likeness (QED) is 0.451. The fourth-order valence-electron chi connectivity index (χ4n) is 5.09. The minimum Gasteiger partial charge on any atom is -0.385 e. The van der Waals surface area contributed by atoms with Gasteiger partial charge in [-0.2, -0.15) is 18.3 Å². The summed E-state index contributed by atoms with van der Waals surface area (Å²) in [6.07, 6.45) is -3.39. The molecule has 0 bridgehead atoms. The first-order valence-electron chi connectivity index (χ1n) is 12.6. The standard InChI is InChI=1S/C26H26F4N8O3/c1-14(39)21-18(12-37-7-9-41-10-8-37)38-23(24(31)32-13-33-38)22(21)15-5-6-17(16(27)11-15)34-25(40)36-20-4-2-3-19(35-20)26(28,29)30/h2-6,11,13,22-23H,7-10,12H2,1H3,(H2,31,32,33)(H2,34,35,36,40). The van der Waals surface area contributed by atoms with E-state index in [1.54, 1.807) is 5.01 Å². The lowest BCUT2D eigenvalue weighted by atomic mass is 9.84. The van der Waals surface area contributed by atoms with Crippen LogP contribution in [0.25, 0.3) is 0 Å². The number of nitrogens with zero attached hydrogens (tertiary/aromatic N) is 5. The average Bonchev–Trinajstić information content (AvgIpc) is 3.25. The molecule has 4 heterocycles. The number of Topliss-reactive ketones (excluding diaryl/α,β-unsaturated/α-hetero) is 1. The number of hydrogen-bond acceptors (Lipinski definition) is 9. The fourth-order valence-corrected chi connectivity index (χ4v) is 5.09. The van der Waals surface area contributed by atoms with Gasteiger partial charge < -0.3 is 15.8 Å². The van der Waals surface area contributed by atoms with Crippen LogP contribution >= 0.6 is 0 Å². The van der Waals surface area contributed by atoms with Gasteiger partial charge in [0.15, 0.2) is 5.78 Å². The Kier molecular flexibility index (Phi) is 7.73. The van der Waals surface area contributed by atoms with E-state index in [2.05, 4.69) is 30.6 Å². The zero-order chi connectivity index (χ0) is 29.3. The highest BCUT2D eigenvalue weighted by molar-refractivity contribution is 6.02. The molecule has 11 nitrogen and oxygen atoms in total. The summed E-state index contributed by atoms with van der Waals surface area (Å²) in [4.78, 5) is 35.0. The molecule has 2 unspecified atom stereocenters. The Bertz CT molecular complexity index is 1450. The van der Waals surface area contributed by atoms with Crippen molar-refractivity contribution in [2.45, 2.75) is 25.1 Å². The van der Waals surface area contributed by atoms with Gasteiger partial charge >= 0.3 is 12.2 Å². The second kappa shape index (κ2) is 11.2. The fraction of sp³-hybridized carbons (Fsp3) is 0.346. The van der Waals surface area contributed by atoms with Gasteiger partial charge in [-0.25, -0.2) is 19.2 Å². The van der Waals surface area contributed by atoms with E-state index < -0.39 is 35.7 Å². The van der Waals surface area contributed by atoms with Gasteiger partial charge in [-0.15, -0.1) is 0 Å². The summed E-state index contributed by atoms with van der Waals surface area (Å²) in [5, 5.41) is 10.5. The first kappa shape index (κ1) is 28.2. The van der Waals surface area contributed by atoms with Gasteiger partial charge in [-0.3, -0.25) is 20.0 Å². The number of hydrazone groups is 1. The summed E-state index contributed by atoms with van der Waals surface area (Å²) in [6.45, 7) is 4.27. The minimum absolute atomic E-state index is 0.205. The lowest BCUT2D eigenvalue weighted by Crippen LogP contribution is -2.46. The molecular weight excluding hydrogens is 548 g/mol. The molecule has 4 N–H and O–H groups in total. The Morgan fingerprint density at radius 2 is 1.90 bits per heavy atom. The number of amides is 2. The third-order valence-electron chi connectivity index (χ3n) is 6.90. The summed E-state index contributed by atoms with van der Waals surface area (Å²) in [5.41, 5.74) is 6.30. The number of rotatable bonds is 6. The van der Waals surface area contributed by atoms with E-state index in [1.807, 2.05) is 0 Å². The molecule has 1 fully saturated rings. The molecule has 3 aliphatic heterocycles. The molecule has 1 saturated heterocycles. The number of nitrogens with two attached hydrogens (primary N) is 1. The zero-order valence-corrected chi connectivity index (χ0v) is 21.8. The maximum atomic E-state index is 15.3. The zero-order valence-electron chi connectivity index (χ0n) is 21.8. The molecule has 1 aromatic heterocycles. The molecule has 5 rings (SSSR count). The van der Waals surface area contributed by atoms with Gasteiger partial charge in [-0.05, 0) is 36.8 Å². The highest BCUT2D eigenvalue weighted by Crippen LogP contribution is 2.43. The van der Waals surface area contributed by atoms with Gasteiger partial charge in [0.1, 0.15) is 35.5 Å². The normalized spacial score (nSPS) is 21.0. The largest absolute Gasteiger partial charge is 0.433 e. The molecule has 3 aliphatic rings. The van der Waals surface area contributed by atoms with Crippen LogP contribution in [0.5, 0.6) is 0 Å². The number of amidine groups is 1. The van der Waals surface area contributed by atoms with E-state index in [0.717, 1.165) is 12.1 Å². The Labute approximate surface area is 231 Å². The average molecular weight is 575 g/mol. The predicted molar refractivity (Wildman–Crippen MR) is 142 cm³/mol. The molecule has 0 saturated carbocycles. The molecule has 0 radical (unpaired) electrons. The SMILES string of the molecule is CC(=O)C1=C(CN2CCOCC2)N2N=CN=C(N)C2C1c1ccc(NC(=O)Nc2cccc(C(F)(F)F)n2)c(F)c1. The van der Waals surface area contributed by atoms with Crippen molar-refractivity contribution in [1.29, 1.82) is 0 Å². The maximum Gasteiger partial charge on any atom is 0.433 e. The second-order valence-electron chi connectivity index (χ2n) is 9.58. The van der Waals surface area contributed by atoms with Crippen LogP contribution in [-0.2, 0) is 15.7 Å². The number of aromatic nitrogens is 1. The van der Waals surface area contributed by atoms with E-state index >= 15 is 4.39 Å². The number of aliphatic imine (C=N–C) groups is 1. The van der Waals surface area contributed by atoms with Crippen LogP contribution in [0, 0.1) is 5.82 Å². The number of alkyl halides is 3. The molecule has 2 amide bonds. The number of carbonyl (C=O) groups excluding carboxylic acids is 2. The lowest BCUT2D eigenvalue weighted by molar-refractivity contribution is -0.141. The number of anilines is 2. The molecule has 216 valence electrons. The number of morpholine rings is 1. The van der Waals surface area contributed by atoms with Crippen LogP contribution < -0.4 is 16.4 Å². The van der Waals surface area contributed by atoms with E-state index in [0.29, 0.717) is 49.7 Å². The van der Waals surface area contributed by atoms with Crippen LogP contribution in [0.4, 0.5) is 33.9 Å². The molecule has 2 aromatic rings. The Morgan fingerprint density at radius 3 is 2.59 bits per heavy atom. The number of hydrogen-bond donors (Lipinski definition) is 3. The van der Waals surface area contributed by atoms with Gasteiger partial charge in [0.25, 0.3) is 0 Å². The van der Waals surface area contributed by atoms with Gasteiger partial charge in [0.05, 0.1) is 24.6 Å². The van der Waals surface area contributed by atoms with Crippen molar-refractivity contribution in [2.75, 3.05) is 43.5 Å². The number of ketones is 1. The van der Waals surface area contributed by atoms with Crippen molar-refractivity contribution in [1.82, 2.24) is 14.9 Å². The molecule has 0 aliphatic carbocycles.